The summed E-state index contributed by atoms with van der Waals surface area (Å²) in [6.07, 6.45) is 4.38. The van der Waals surface area contributed by atoms with Gasteiger partial charge >= 0.3 is 0 Å². The normalized spacial score (nSPS) is 15.8. The van der Waals surface area contributed by atoms with Crippen molar-refractivity contribution in [1.82, 2.24) is 9.88 Å². The van der Waals surface area contributed by atoms with Gasteiger partial charge in [0.05, 0.1) is 0 Å². The Bertz CT molecular complexity index is 611. The predicted molar refractivity (Wildman–Crippen MR) is 85.0 cm³/mol. The summed E-state index contributed by atoms with van der Waals surface area (Å²) in [5.74, 6) is 0.806. The molecule has 0 spiro atoms. The third kappa shape index (κ3) is 2.88. The SMILES string of the molecule is Nc1ccc(OCCN2CCCC2)c2ncc(Br)cc12. The molecule has 2 N–H and O–H groups in total. The molecule has 1 fully saturated rings. The Hall–Kier alpha value is -1.33. The van der Waals surface area contributed by atoms with Crippen LogP contribution >= 0.6 is 15.9 Å². The highest BCUT2D eigenvalue weighted by atomic mass is 79.9. The van der Waals surface area contributed by atoms with Crippen molar-refractivity contribution < 1.29 is 4.74 Å². The number of anilines is 1. The number of ether oxygens (including phenoxy) is 1. The van der Waals surface area contributed by atoms with Gasteiger partial charge in [-0.2, -0.15) is 0 Å². The molecule has 0 saturated carbocycles. The highest BCUT2D eigenvalue weighted by molar-refractivity contribution is 9.10. The monoisotopic (exact) mass is 335 g/mol. The van der Waals surface area contributed by atoms with Crippen LogP contribution in [0.15, 0.2) is 28.9 Å². The first-order chi connectivity index (χ1) is 9.74. The minimum absolute atomic E-state index is 0.691. The summed E-state index contributed by atoms with van der Waals surface area (Å²) in [6.45, 7) is 4.05. The maximum absolute atomic E-state index is 6.00. The van der Waals surface area contributed by atoms with Gasteiger partial charge in [-0.05, 0) is 60.1 Å². The standard InChI is InChI=1S/C15H18BrN3O/c16-11-9-12-13(17)3-4-14(15(12)18-10-11)20-8-7-19-5-1-2-6-19/h3-4,9-10H,1-2,5-8,17H2. The first-order valence-corrected chi connectivity index (χ1v) is 7.72. The molecule has 0 atom stereocenters. The lowest BCUT2D eigenvalue weighted by Gasteiger charge is -2.16. The van der Waals surface area contributed by atoms with Gasteiger partial charge in [0.2, 0.25) is 0 Å². The molecule has 0 aliphatic carbocycles. The van der Waals surface area contributed by atoms with Crippen molar-refractivity contribution in [2.75, 3.05) is 32.0 Å². The number of nitrogen functional groups attached to an aromatic ring is 1. The number of nitrogens with two attached hydrogens (primary N) is 1. The van der Waals surface area contributed by atoms with Crippen molar-refractivity contribution >= 4 is 32.5 Å². The summed E-state index contributed by atoms with van der Waals surface area (Å²) in [5, 5.41) is 0.929. The van der Waals surface area contributed by atoms with E-state index in [1.54, 1.807) is 6.20 Å². The number of hydrogen-bond donors (Lipinski definition) is 1. The van der Waals surface area contributed by atoms with Crippen LogP contribution in [0.2, 0.25) is 0 Å². The smallest absolute Gasteiger partial charge is 0.145 e. The maximum atomic E-state index is 6.00. The fourth-order valence-electron chi connectivity index (χ4n) is 2.60. The van der Waals surface area contributed by atoms with Crippen LogP contribution in [0.25, 0.3) is 10.9 Å². The van der Waals surface area contributed by atoms with Gasteiger partial charge in [0.25, 0.3) is 0 Å². The van der Waals surface area contributed by atoms with Crippen LogP contribution in [-0.2, 0) is 0 Å². The molecule has 5 heteroatoms. The van der Waals surface area contributed by atoms with E-state index in [1.807, 2.05) is 18.2 Å². The lowest BCUT2D eigenvalue weighted by Crippen LogP contribution is -2.25. The zero-order valence-corrected chi connectivity index (χ0v) is 12.9. The Kier molecular flexibility index (Phi) is 4.08. The Balaban J connectivity index is 1.75. The number of aromatic nitrogens is 1. The van der Waals surface area contributed by atoms with Crippen LogP contribution < -0.4 is 10.5 Å². The van der Waals surface area contributed by atoms with Crippen molar-refractivity contribution in [2.45, 2.75) is 12.8 Å². The van der Waals surface area contributed by atoms with Gasteiger partial charge in [0, 0.05) is 28.3 Å². The molecule has 0 bridgehead atoms. The minimum Gasteiger partial charge on any atom is -0.490 e. The van der Waals surface area contributed by atoms with Crippen molar-refractivity contribution in [3.05, 3.63) is 28.9 Å². The molecule has 0 amide bonds. The summed E-state index contributed by atoms with van der Waals surface area (Å²) in [5.41, 5.74) is 7.55. The molecular formula is C15H18BrN3O. The summed E-state index contributed by atoms with van der Waals surface area (Å²) < 4.78 is 6.82. The number of halogens is 1. The second-order valence-electron chi connectivity index (χ2n) is 5.10. The number of benzene rings is 1. The summed E-state index contributed by atoms with van der Waals surface area (Å²) in [7, 11) is 0. The van der Waals surface area contributed by atoms with Gasteiger partial charge in [0.1, 0.15) is 17.9 Å². The van der Waals surface area contributed by atoms with E-state index in [4.69, 9.17) is 10.5 Å². The quantitative estimate of drug-likeness (QED) is 0.872. The van der Waals surface area contributed by atoms with Gasteiger partial charge < -0.3 is 10.5 Å². The summed E-state index contributed by atoms with van der Waals surface area (Å²) in [4.78, 5) is 6.86. The Morgan fingerprint density at radius 1 is 1.30 bits per heavy atom. The van der Waals surface area contributed by atoms with Crippen LogP contribution in [0.3, 0.4) is 0 Å². The van der Waals surface area contributed by atoms with Crippen molar-refractivity contribution in [1.29, 1.82) is 0 Å². The van der Waals surface area contributed by atoms with Crippen LogP contribution in [0, 0.1) is 0 Å². The molecule has 0 unspecified atom stereocenters. The lowest BCUT2D eigenvalue weighted by atomic mass is 10.1. The van der Waals surface area contributed by atoms with Crippen LogP contribution in [0.5, 0.6) is 5.75 Å². The molecule has 0 radical (unpaired) electrons. The van der Waals surface area contributed by atoms with E-state index < -0.39 is 0 Å². The third-order valence-corrected chi connectivity index (χ3v) is 4.11. The highest BCUT2D eigenvalue weighted by Crippen LogP contribution is 2.30. The number of rotatable bonds is 4. The molecule has 106 valence electrons. The largest absolute Gasteiger partial charge is 0.490 e. The first kappa shape index (κ1) is 13.6. The summed E-state index contributed by atoms with van der Waals surface area (Å²) in [6, 6.07) is 5.76. The molecule has 1 saturated heterocycles. The van der Waals surface area contributed by atoms with E-state index >= 15 is 0 Å². The first-order valence-electron chi connectivity index (χ1n) is 6.93. The van der Waals surface area contributed by atoms with Crippen molar-refractivity contribution in [3.8, 4) is 5.75 Å². The molecular weight excluding hydrogens is 318 g/mol. The van der Waals surface area contributed by atoms with Gasteiger partial charge in [-0.25, -0.2) is 0 Å². The van der Waals surface area contributed by atoms with Crippen LogP contribution in [0.4, 0.5) is 5.69 Å². The molecule has 1 aliphatic rings. The molecule has 2 aromatic rings. The van der Waals surface area contributed by atoms with Crippen molar-refractivity contribution in [3.63, 3.8) is 0 Å². The molecule has 1 aliphatic heterocycles. The number of pyridine rings is 1. The molecule has 3 rings (SSSR count). The van der Waals surface area contributed by atoms with E-state index in [2.05, 4.69) is 25.8 Å². The number of hydrogen-bond acceptors (Lipinski definition) is 4. The number of nitrogens with zero attached hydrogens (tertiary/aromatic N) is 2. The molecule has 1 aromatic heterocycles. The second-order valence-corrected chi connectivity index (χ2v) is 6.02. The van der Waals surface area contributed by atoms with Crippen molar-refractivity contribution in [2.24, 2.45) is 0 Å². The summed E-state index contributed by atoms with van der Waals surface area (Å²) >= 11 is 3.42. The van der Waals surface area contributed by atoms with Gasteiger partial charge in [0.15, 0.2) is 0 Å². The second kappa shape index (κ2) is 5.97. The van der Waals surface area contributed by atoms with Gasteiger partial charge in [-0.1, -0.05) is 0 Å². The fourth-order valence-corrected chi connectivity index (χ4v) is 2.93. The Labute approximate surface area is 127 Å². The molecule has 1 aromatic carbocycles. The molecule has 2 heterocycles. The molecule has 20 heavy (non-hydrogen) atoms. The zero-order chi connectivity index (χ0) is 13.9. The van der Waals surface area contributed by atoms with E-state index in [1.165, 1.54) is 25.9 Å². The Morgan fingerprint density at radius 2 is 2.10 bits per heavy atom. The maximum Gasteiger partial charge on any atom is 0.145 e. The lowest BCUT2D eigenvalue weighted by molar-refractivity contribution is 0.239. The van der Waals surface area contributed by atoms with E-state index in [9.17, 15) is 0 Å². The highest BCUT2D eigenvalue weighted by Gasteiger charge is 2.12. The average Bonchev–Trinajstić information content (AvgIpc) is 2.95. The fraction of sp³-hybridized carbons (Fsp3) is 0.400. The van der Waals surface area contributed by atoms with Crippen LogP contribution in [-0.4, -0.2) is 36.1 Å². The Morgan fingerprint density at radius 3 is 2.90 bits per heavy atom. The molecule has 4 nitrogen and oxygen atoms in total. The number of fused-ring (bicyclic) bond motifs is 1. The topological polar surface area (TPSA) is 51.4 Å². The minimum atomic E-state index is 0.691. The zero-order valence-electron chi connectivity index (χ0n) is 11.3. The van der Waals surface area contributed by atoms with E-state index in [0.29, 0.717) is 6.61 Å². The average molecular weight is 336 g/mol. The number of likely N-dealkylation sites (tertiary alicyclic amines) is 1. The van der Waals surface area contributed by atoms with E-state index in [-0.39, 0.29) is 0 Å². The predicted octanol–water partition coefficient (Wildman–Crippen LogP) is 3.05. The van der Waals surface area contributed by atoms with Gasteiger partial charge in [-0.3, -0.25) is 9.88 Å². The van der Waals surface area contributed by atoms with Crippen LogP contribution in [0.1, 0.15) is 12.8 Å². The third-order valence-electron chi connectivity index (χ3n) is 3.68. The van der Waals surface area contributed by atoms with E-state index in [0.717, 1.165) is 33.4 Å². The van der Waals surface area contributed by atoms with Gasteiger partial charge in [-0.15, -0.1) is 0 Å².